The van der Waals surface area contributed by atoms with Crippen molar-refractivity contribution in [1.29, 1.82) is 0 Å². The van der Waals surface area contributed by atoms with Crippen molar-refractivity contribution in [3.63, 3.8) is 0 Å². The number of carbonyl (C=O) groups excluding carboxylic acids is 2. The second-order valence-electron chi connectivity index (χ2n) is 5.88. The number of esters is 2. The number of aliphatic hydroxyl groups is 2. The highest BCUT2D eigenvalue weighted by molar-refractivity contribution is 9.10. The molecule has 0 aliphatic rings. The number of hydrogen-bond donors (Lipinski definition) is 3. The Morgan fingerprint density at radius 2 is 1.43 bits per heavy atom. The monoisotopic (exact) mass is 489 g/mol. The number of halogens is 1. The third-order valence-corrected chi connectivity index (χ3v) is 4.17. The van der Waals surface area contributed by atoms with E-state index in [1.165, 1.54) is 10.9 Å². The fourth-order valence-electron chi connectivity index (χ4n) is 2.24. The van der Waals surface area contributed by atoms with Crippen molar-refractivity contribution in [3.8, 4) is 0 Å². The second-order valence-corrected chi connectivity index (χ2v) is 6.63. The van der Waals surface area contributed by atoms with Crippen LogP contribution in [-0.4, -0.2) is 68.1 Å². The highest BCUT2D eigenvalue weighted by atomic mass is 79.9. The van der Waals surface area contributed by atoms with E-state index in [1.807, 2.05) is 0 Å². The number of nitrogen functional groups attached to an aromatic ring is 1. The molecular weight excluding hydrogens is 462 g/mol. The van der Waals surface area contributed by atoms with Gasteiger partial charge in [0.2, 0.25) is 0 Å². The molecule has 4 N–H and O–H groups in total. The molecule has 0 aliphatic carbocycles. The Balaban J connectivity index is 0.000000300. The smallest absolute Gasteiger partial charge is 0.343 e. The third kappa shape index (κ3) is 8.13. The maximum Gasteiger partial charge on any atom is 0.343 e. The van der Waals surface area contributed by atoms with Gasteiger partial charge in [0.25, 0.3) is 0 Å². The summed E-state index contributed by atoms with van der Waals surface area (Å²) in [5.74, 6) is -0.698. The number of carbonyl (C=O) groups is 2. The molecule has 0 bridgehead atoms. The van der Waals surface area contributed by atoms with Gasteiger partial charge in [-0.3, -0.25) is 9.36 Å². The average Bonchev–Trinajstić information content (AvgIpc) is 3.28. The summed E-state index contributed by atoms with van der Waals surface area (Å²) in [5.41, 5.74) is 6.23. The van der Waals surface area contributed by atoms with E-state index in [2.05, 4.69) is 26.1 Å². The second kappa shape index (κ2) is 13.7. The van der Waals surface area contributed by atoms with Crippen LogP contribution < -0.4 is 5.73 Å². The van der Waals surface area contributed by atoms with Gasteiger partial charge in [0.1, 0.15) is 15.7 Å². The molecule has 0 aliphatic heterocycles. The van der Waals surface area contributed by atoms with Crippen LogP contribution >= 0.6 is 15.9 Å². The number of hydrogen-bond acceptors (Lipinski definition) is 9. The molecule has 2 aromatic heterocycles. The van der Waals surface area contributed by atoms with Crippen LogP contribution in [0, 0.1) is 0 Å². The lowest BCUT2D eigenvalue weighted by Crippen LogP contribution is -2.06. The van der Waals surface area contributed by atoms with Crippen molar-refractivity contribution in [3.05, 3.63) is 28.1 Å². The molecule has 30 heavy (non-hydrogen) atoms. The van der Waals surface area contributed by atoms with E-state index < -0.39 is 5.97 Å². The van der Waals surface area contributed by atoms with Crippen molar-refractivity contribution < 1.29 is 29.3 Å². The minimum Gasteiger partial charge on any atom is -0.462 e. The van der Waals surface area contributed by atoms with Crippen LogP contribution in [-0.2, 0) is 22.6 Å². The number of rotatable bonds is 10. The molecule has 11 nitrogen and oxygen atoms in total. The molecule has 0 unspecified atom stereocenters. The summed E-state index contributed by atoms with van der Waals surface area (Å²) in [6.45, 7) is 5.41. The van der Waals surface area contributed by atoms with Gasteiger partial charge in [0.05, 0.1) is 13.2 Å². The van der Waals surface area contributed by atoms with Gasteiger partial charge in [-0.05, 0) is 42.6 Å². The molecule has 0 fully saturated rings. The topological polar surface area (TPSA) is 155 Å². The molecule has 0 saturated carbocycles. The Kier molecular flexibility index (Phi) is 11.7. The number of anilines is 1. The largest absolute Gasteiger partial charge is 0.462 e. The maximum atomic E-state index is 11.4. The highest BCUT2D eigenvalue weighted by Crippen LogP contribution is 2.15. The SMILES string of the molecule is CCOC(=O)c1cn(CCCO)nc1Br.CCOC(=O)c1cn(CCCO)nc1N. The first-order valence-electron chi connectivity index (χ1n) is 9.49. The average molecular weight is 490 g/mol. The lowest BCUT2D eigenvalue weighted by Gasteiger charge is -1.98. The number of nitrogens with zero attached hydrogens (tertiary/aromatic N) is 4. The zero-order valence-corrected chi connectivity index (χ0v) is 18.7. The minimum absolute atomic E-state index is 0.0779. The number of aromatic nitrogens is 4. The first-order valence-corrected chi connectivity index (χ1v) is 10.3. The Labute approximate surface area is 182 Å². The summed E-state index contributed by atoms with van der Waals surface area (Å²) in [7, 11) is 0. The van der Waals surface area contributed by atoms with Gasteiger partial charge in [-0.2, -0.15) is 10.2 Å². The van der Waals surface area contributed by atoms with E-state index in [0.717, 1.165) is 0 Å². The van der Waals surface area contributed by atoms with Crippen molar-refractivity contribution in [2.75, 3.05) is 32.2 Å². The Morgan fingerprint density at radius 1 is 0.967 bits per heavy atom. The molecule has 0 radical (unpaired) electrons. The van der Waals surface area contributed by atoms with Crippen LogP contribution in [0.2, 0.25) is 0 Å². The quantitative estimate of drug-likeness (QED) is 0.417. The normalized spacial score (nSPS) is 10.3. The first-order chi connectivity index (χ1) is 14.4. The van der Waals surface area contributed by atoms with E-state index >= 15 is 0 Å². The summed E-state index contributed by atoms with van der Waals surface area (Å²) in [6.07, 6.45) is 4.32. The zero-order valence-electron chi connectivity index (χ0n) is 17.1. The summed E-state index contributed by atoms with van der Waals surface area (Å²) >= 11 is 3.18. The fraction of sp³-hybridized carbons (Fsp3) is 0.556. The number of aliphatic hydroxyl groups excluding tert-OH is 2. The van der Waals surface area contributed by atoms with Crippen molar-refractivity contribution >= 4 is 33.7 Å². The molecule has 168 valence electrons. The number of aryl methyl sites for hydroxylation is 2. The molecule has 2 heterocycles. The first kappa shape index (κ1) is 25.6. The lowest BCUT2D eigenvalue weighted by molar-refractivity contribution is 0.0516. The van der Waals surface area contributed by atoms with Crippen LogP contribution in [0.4, 0.5) is 5.82 Å². The van der Waals surface area contributed by atoms with E-state index in [0.29, 0.717) is 49.3 Å². The van der Waals surface area contributed by atoms with Gasteiger partial charge in [-0.15, -0.1) is 0 Å². The van der Waals surface area contributed by atoms with Crippen molar-refractivity contribution in [1.82, 2.24) is 19.6 Å². The molecule has 0 saturated heterocycles. The number of ether oxygens (including phenoxy) is 2. The minimum atomic E-state index is -0.467. The predicted molar refractivity (Wildman–Crippen MR) is 112 cm³/mol. The van der Waals surface area contributed by atoms with Gasteiger partial charge < -0.3 is 25.4 Å². The number of nitrogens with two attached hydrogens (primary N) is 1. The van der Waals surface area contributed by atoms with E-state index in [9.17, 15) is 9.59 Å². The Morgan fingerprint density at radius 3 is 1.93 bits per heavy atom. The van der Waals surface area contributed by atoms with Crippen LogP contribution in [0.15, 0.2) is 17.0 Å². The molecule has 0 spiro atoms. The van der Waals surface area contributed by atoms with Crippen molar-refractivity contribution in [2.45, 2.75) is 39.8 Å². The molecule has 2 aromatic rings. The summed E-state index contributed by atoms with van der Waals surface area (Å²) in [5, 5.41) is 25.3. The molecule has 0 aromatic carbocycles. The van der Waals surface area contributed by atoms with E-state index in [1.54, 1.807) is 24.7 Å². The van der Waals surface area contributed by atoms with Gasteiger partial charge in [0.15, 0.2) is 5.82 Å². The van der Waals surface area contributed by atoms with Gasteiger partial charge in [-0.25, -0.2) is 9.59 Å². The molecule has 12 heteroatoms. The highest BCUT2D eigenvalue weighted by Gasteiger charge is 2.15. The summed E-state index contributed by atoms with van der Waals surface area (Å²) in [4.78, 5) is 22.7. The van der Waals surface area contributed by atoms with Crippen LogP contribution in [0.3, 0.4) is 0 Å². The predicted octanol–water partition coefficient (Wildman–Crippen LogP) is 1.23. The van der Waals surface area contributed by atoms with Crippen molar-refractivity contribution in [2.24, 2.45) is 0 Å². The standard InChI is InChI=1S/C9H13BrN2O3.C9H15N3O3/c2*1-2-15-9(14)7-6-12(4-3-5-13)11-8(7)10/h6,13H,2-5H2,1H3;6,13H,2-5H2,1H3,(H2,10,11). The maximum absolute atomic E-state index is 11.4. The molecule has 0 atom stereocenters. The van der Waals surface area contributed by atoms with Crippen LogP contribution in [0.1, 0.15) is 47.4 Å². The fourth-order valence-corrected chi connectivity index (χ4v) is 2.71. The van der Waals surface area contributed by atoms with E-state index in [4.69, 9.17) is 25.4 Å². The van der Waals surface area contributed by atoms with E-state index in [-0.39, 0.29) is 30.6 Å². The lowest BCUT2D eigenvalue weighted by atomic mass is 10.3. The van der Waals surface area contributed by atoms with Gasteiger partial charge in [0, 0.05) is 38.7 Å². The van der Waals surface area contributed by atoms with Crippen LogP contribution in [0.5, 0.6) is 0 Å². The van der Waals surface area contributed by atoms with Gasteiger partial charge in [-0.1, -0.05) is 0 Å². The Bertz CT molecular complexity index is 741. The summed E-state index contributed by atoms with van der Waals surface area (Å²) < 4.78 is 13.3. The van der Waals surface area contributed by atoms with Gasteiger partial charge >= 0.3 is 11.9 Å². The van der Waals surface area contributed by atoms with Crippen LogP contribution in [0.25, 0.3) is 0 Å². The Hall–Kier alpha value is -2.44. The molecule has 0 amide bonds. The molecule has 2 rings (SSSR count). The zero-order chi connectivity index (χ0) is 22.5. The summed E-state index contributed by atoms with van der Waals surface area (Å²) in [6, 6.07) is 0. The molecular formula is C18H28BrN5O6. The third-order valence-electron chi connectivity index (χ3n) is 3.59.